The van der Waals surface area contributed by atoms with Crippen molar-refractivity contribution < 1.29 is 4.42 Å². The van der Waals surface area contributed by atoms with Crippen LogP contribution in [0.25, 0.3) is 11.1 Å². The summed E-state index contributed by atoms with van der Waals surface area (Å²) in [7, 11) is 1.93. The molecule has 2 aromatic carbocycles. The van der Waals surface area contributed by atoms with Gasteiger partial charge in [0, 0.05) is 18.4 Å². The second-order valence-corrected chi connectivity index (χ2v) is 4.62. The van der Waals surface area contributed by atoms with Crippen molar-refractivity contribution >= 4 is 28.5 Å². The highest BCUT2D eigenvalue weighted by atomic mass is 16.4. The fourth-order valence-electron chi connectivity index (χ4n) is 1.95. The molecule has 0 saturated heterocycles. The summed E-state index contributed by atoms with van der Waals surface area (Å²) in [5.41, 5.74) is 10.2. The highest BCUT2D eigenvalue weighted by Gasteiger charge is 2.11. The molecule has 3 aromatic rings. The number of nitrogens with two attached hydrogens (primary N) is 1. The summed E-state index contributed by atoms with van der Waals surface area (Å²) in [5, 5.41) is 0. The smallest absolute Gasteiger partial charge is 0.302 e. The highest BCUT2D eigenvalue weighted by molar-refractivity contribution is 5.79. The topological polar surface area (TPSA) is 55.3 Å². The van der Waals surface area contributed by atoms with Gasteiger partial charge in [-0.1, -0.05) is 17.7 Å². The van der Waals surface area contributed by atoms with Crippen LogP contribution >= 0.6 is 0 Å². The van der Waals surface area contributed by atoms with E-state index in [9.17, 15) is 0 Å². The molecule has 96 valence electrons. The predicted octanol–water partition coefficient (Wildman–Crippen LogP) is 3.49. The molecule has 4 nitrogen and oxygen atoms in total. The number of nitrogen functional groups attached to an aromatic ring is 1. The van der Waals surface area contributed by atoms with Crippen LogP contribution in [-0.4, -0.2) is 12.0 Å². The summed E-state index contributed by atoms with van der Waals surface area (Å²) in [4.78, 5) is 6.36. The van der Waals surface area contributed by atoms with Gasteiger partial charge in [0.25, 0.3) is 0 Å². The number of anilines is 3. The van der Waals surface area contributed by atoms with Crippen molar-refractivity contribution in [2.24, 2.45) is 0 Å². The van der Waals surface area contributed by atoms with Crippen LogP contribution in [0.3, 0.4) is 0 Å². The third kappa shape index (κ3) is 2.12. The predicted molar refractivity (Wildman–Crippen MR) is 77.7 cm³/mol. The van der Waals surface area contributed by atoms with Gasteiger partial charge < -0.3 is 10.2 Å². The van der Waals surface area contributed by atoms with E-state index < -0.39 is 0 Å². The number of nitrogens with zero attached hydrogens (tertiary/aromatic N) is 2. The van der Waals surface area contributed by atoms with Crippen LogP contribution in [0.15, 0.2) is 46.9 Å². The van der Waals surface area contributed by atoms with Crippen LogP contribution in [0.1, 0.15) is 5.56 Å². The van der Waals surface area contributed by atoms with Crippen molar-refractivity contribution in [1.82, 2.24) is 4.98 Å². The Kier molecular flexibility index (Phi) is 2.63. The zero-order valence-corrected chi connectivity index (χ0v) is 10.9. The molecule has 4 heteroatoms. The van der Waals surface area contributed by atoms with Gasteiger partial charge in [-0.2, -0.15) is 4.98 Å². The van der Waals surface area contributed by atoms with Crippen molar-refractivity contribution in [2.45, 2.75) is 6.92 Å². The molecule has 0 bridgehead atoms. The second kappa shape index (κ2) is 4.31. The number of aromatic nitrogens is 1. The van der Waals surface area contributed by atoms with E-state index in [1.807, 2.05) is 42.3 Å². The zero-order valence-electron chi connectivity index (χ0n) is 10.9. The minimum absolute atomic E-state index is 0.560. The van der Waals surface area contributed by atoms with E-state index in [2.05, 4.69) is 24.0 Å². The van der Waals surface area contributed by atoms with E-state index >= 15 is 0 Å². The van der Waals surface area contributed by atoms with E-state index in [0.29, 0.717) is 11.7 Å². The molecule has 0 aliphatic carbocycles. The van der Waals surface area contributed by atoms with Gasteiger partial charge in [-0.05, 0) is 37.3 Å². The summed E-state index contributed by atoms with van der Waals surface area (Å²) >= 11 is 0. The van der Waals surface area contributed by atoms with Crippen molar-refractivity contribution in [2.75, 3.05) is 17.7 Å². The first kappa shape index (κ1) is 11.6. The van der Waals surface area contributed by atoms with Gasteiger partial charge in [0.1, 0.15) is 5.52 Å². The Balaban J connectivity index is 2.01. The molecule has 0 aliphatic heterocycles. The lowest BCUT2D eigenvalue weighted by molar-refractivity contribution is 0.603. The molecule has 0 aliphatic rings. The van der Waals surface area contributed by atoms with Crippen molar-refractivity contribution in [3.8, 4) is 0 Å². The van der Waals surface area contributed by atoms with E-state index in [1.165, 1.54) is 5.56 Å². The van der Waals surface area contributed by atoms with Gasteiger partial charge in [0.05, 0.1) is 0 Å². The number of rotatable bonds is 2. The van der Waals surface area contributed by atoms with Gasteiger partial charge >= 0.3 is 6.01 Å². The Morgan fingerprint density at radius 3 is 2.58 bits per heavy atom. The number of oxazole rings is 1. The molecular weight excluding hydrogens is 238 g/mol. The molecule has 19 heavy (non-hydrogen) atoms. The van der Waals surface area contributed by atoms with Crippen LogP contribution in [0.2, 0.25) is 0 Å². The summed E-state index contributed by atoms with van der Waals surface area (Å²) in [6.07, 6.45) is 0. The van der Waals surface area contributed by atoms with Crippen LogP contribution in [0.5, 0.6) is 0 Å². The lowest BCUT2D eigenvalue weighted by atomic mass is 10.2. The molecule has 0 saturated carbocycles. The molecular formula is C15H15N3O. The minimum atomic E-state index is 0.560. The largest absolute Gasteiger partial charge is 0.423 e. The first-order chi connectivity index (χ1) is 9.13. The minimum Gasteiger partial charge on any atom is -0.423 e. The van der Waals surface area contributed by atoms with Gasteiger partial charge in [0.2, 0.25) is 0 Å². The monoisotopic (exact) mass is 253 g/mol. The maximum atomic E-state index is 5.74. The quantitative estimate of drug-likeness (QED) is 0.710. The Bertz CT molecular complexity index is 716. The standard InChI is InChI=1S/C15H15N3O/c1-10-3-6-12(7-4-10)18(2)15-17-13-9-11(16)5-8-14(13)19-15/h3-9H,16H2,1-2H3. The fraction of sp³-hybridized carbons (Fsp3) is 0.133. The lowest BCUT2D eigenvalue weighted by Crippen LogP contribution is -2.09. The Morgan fingerprint density at radius 1 is 1.11 bits per heavy atom. The maximum absolute atomic E-state index is 5.74. The Hall–Kier alpha value is -2.49. The molecule has 2 N–H and O–H groups in total. The van der Waals surface area contributed by atoms with Crippen LogP contribution in [0, 0.1) is 6.92 Å². The summed E-state index contributed by atoms with van der Waals surface area (Å²) < 4.78 is 5.73. The van der Waals surface area contributed by atoms with Crippen molar-refractivity contribution in [3.05, 3.63) is 48.0 Å². The third-order valence-electron chi connectivity index (χ3n) is 3.11. The maximum Gasteiger partial charge on any atom is 0.302 e. The molecule has 0 radical (unpaired) electrons. The third-order valence-corrected chi connectivity index (χ3v) is 3.11. The average molecular weight is 253 g/mol. The number of fused-ring (bicyclic) bond motifs is 1. The number of benzene rings is 2. The van der Waals surface area contributed by atoms with Crippen LogP contribution in [0.4, 0.5) is 17.4 Å². The molecule has 0 spiro atoms. The molecule has 3 rings (SSSR count). The average Bonchev–Trinajstić information content (AvgIpc) is 2.81. The molecule has 0 fully saturated rings. The highest BCUT2D eigenvalue weighted by Crippen LogP contribution is 2.27. The Morgan fingerprint density at radius 2 is 1.84 bits per heavy atom. The first-order valence-electron chi connectivity index (χ1n) is 6.10. The van der Waals surface area contributed by atoms with Crippen molar-refractivity contribution in [1.29, 1.82) is 0 Å². The molecule has 0 unspecified atom stereocenters. The van der Waals surface area contributed by atoms with E-state index in [-0.39, 0.29) is 0 Å². The van der Waals surface area contributed by atoms with Gasteiger partial charge in [0.15, 0.2) is 5.58 Å². The SMILES string of the molecule is Cc1ccc(N(C)c2nc3cc(N)ccc3o2)cc1. The molecule has 0 atom stereocenters. The summed E-state index contributed by atoms with van der Waals surface area (Å²) in [6.45, 7) is 2.06. The van der Waals surface area contributed by atoms with Crippen LogP contribution < -0.4 is 10.6 Å². The lowest BCUT2D eigenvalue weighted by Gasteiger charge is -2.14. The van der Waals surface area contributed by atoms with E-state index in [4.69, 9.17) is 10.2 Å². The van der Waals surface area contributed by atoms with E-state index in [1.54, 1.807) is 0 Å². The normalized spacial score (nSPS) is 10.8. The van der Waals surface area contributed by atoms with E-state index in [0.717, 1.165) is 16.8 Å². The Labute approximate surface area is 111 Å². The first-order valence-corrected chi connectivity index (χ1v) is 6.10. The van der Waals surface area contributed by atoms with Crippen molar-refractivity contribution in [3.63, 3.8) is 0 Å². The molecule has 0 amide bonds. The van der Waals surface area contributed by atoms with Gasteiger partial charge in [-0.25, -0.2) is 0 Å². The number of hydrogen-bond acceptors (Lipinski definition) is 4. The second-order valence-electron chi connectivity index (χ2n) is 4.62. The molecule has 1 aromatic heterocycles. The zero-order chi connectivity index (χ0) is 13.4. The fourth-order valence-corrected chi connectivity index (χ4v) is 1.95. The van der Waals surface area contributed by atoms with Crippen LogP contribution in [-0.2, 0) is 0 Å². The summed E-state index contributed by atoms with van der Waals surface area (Å²) in [5.74, 6) is 0. The number of aryl methyl sites for hydroxylation is 1. The van der Waals surface area contributed by atoms with Gasteiger partial charge in [-0.3, -0.25) is 4.90 Å². The summed E-state index contributed by atoms with van der Waals surface area (Å²) in [6, 6.07) is 14.2. The molecule has 1 heterocycles. The number of hydrogen-bond donors (Lipinski definition) is 1. The van der Waals surface area contributed by atoms with Gasteiger partial charge in [-0.15, -0.1) is 0 Å².